The molecule has 0 radical (unpaired) electrons. The molecule has 0 aromatic heterocycles. The van der Waals surface area contributed by atoms with Crippen LogP contribution in [0.5, 0.6) is 5.75 Å². The summed E-state index contributed by atoms with van der Waals surface area (Å²) in [5, 5.41) is 2.98. The molecule has 1 aromatic rings. The summed E-state index contributed by atoms with van der Waals surface area (Å²) in [6.07, 6.45) is 6.79. The summed E-state index contributed by atoms with van der Waals surface area (Å²) in [6, 6.07) is 8.05. The van der Waals surface area contributed by atoms with E-state index in [2.05, 4.69) is 12.2 Å². The van der Waals surface area contributed by atoms with Gasteiger partial charge in [0, 0.05) is 6.54 Å². The first-order valence-corrected chi connectivity index (χ1v) is 8.37. The number of aryl methyl sites for hydroxylation is 1. The highest BCUT2D eigenvalue weighted by atomic mass is 16.5. The van der Waals surface area contributed by atoms with Gasteiger partial charge in [-0.3, -0.25) is 4.79 Å². The molecule has 4 nitrogen and oxygen atoms in total. The molecule has 22 heavy (non-hydrogen) atoms. The topological polar surface area (TPSA) is 64.3 Å². The molecule has 3 N–H and O–H groups in total. The lowest BCUT2D eigenvalue weighted by Crippen LogP contribution is -2.55. The number of nitrogens with two attached hydrogens (primary N) is 1. The molecule has 0 saturated heterocycles. The van der Waals surface area contributed by atoms with E-state index < -0.39 is 5.54 Å². The SMILES string of the molecule is Cc1ccc(OCCCCNC(=O)C2(N)CCCCC2)cc1. The van der Waals surface area contributed by atoms with E-state index in [1.165, 1.54) is 12.0 Å². The third-order valence-electron chi connectivity index (χ3n) is 4.34. The predicted octanol–water partition coefficient (Wildman–Crippen LogP) is 2.93. The number of benzene rings is 1. The number of rotatable bonds is 7. The summed E-state index contributed by atoms with van der Waals surface area (Å²) in [5.41, 5.74) is 6.80. The van der Waals surface area contributed by atoms with Gasteiger partial charge in [0.15, 0.2) is 0 Å². The normalized spacial score (nSPS) is 17.0. The van der Waals surface area contributed by atoms with E-state index in [9.17, 15) is 4.79 Å². The van der Waals surface area contributed by atoms with Crippen molar-refractivity contribution in [3.05, 3.63) is 29.8 Å². The van der Waals surface area contributed by atoms with E-state index in [1.807, 2.05) is 24.3 Å². The molecule has 1 aromatic carbocycles. The van der Waals surface area contributed by atoms with Gasteiger partial charge < -0.3 is 15.8 Å². The van der Waals surface area contributed by atoms with Gasteiger partial charge in [0.05, 0.1) is 12.1 Å². The van der Waals surface area contributed by atoms with Crippen LogP contribution in [0.15, 0.2) is 24.3 Å². The van der Waals surface area contributed by atoms with Crippen molar-refractivity contribution >= 4 is 5.91 Å². The summed E-state index contributed by atoms with van der Waals surface area (Å²) in [4.78, 5) is 12.1. The Morgan fingerprint density at radius 3 is 2.55 bits per heavy atom. The minimum absolute atomic E-state index is 0.0200. The maximum absolute atomic E-state index is 12.1. The van der Waals surface area contributed by atoms with Crippen molar-refractivity contribution in [3.8, 4) is 5.75 Å². The Labute approximate surface area is 133 Å². The third kappa shape index (κ3) is 5.02. The molecule has 1 amide bonds. The van der Waals surface area contributed by atoms with Crippen LogP contribution in [0.2, 0.25) is 0 Å². The molecular formula is C18H28N2O2. The molecule has 0 aliphatic heterocycles. The number of nitrogens with one attached hydrogen (secondary N) is 1. The van der Waals surface area contributed by atoms with Gasteiger partial charge in [-0.2, -0.15) is 0 Å². The Morgan fingerprint density at radius 2 is 1.86 bits per heavy atom. The first-order valence-electron chi connectivity index (χ1n) is 8.37. The van der Waals surface area contributed by atoms with Gasteiger partial charge in [0.1, 0.15) is 5.75 Å². The number of unbranched alkanes of at least 4 members (excludes halogenated alkanes) is 1. The van der Waals surface area contributed by atoms with Gasteiger partial charge in [-0.15, -0.1) is 0 Å². The smallest absolute Gasteiger partial charge is 0.240 e. The van der Waals surface area contributed by atoms with Crippen molar-refractivity contribution < 1.29 is 9.53 Å². The molecule has 1 fully saturated rings. The van der Waals surface area contributed by atoms with E-state index in [-0.39, 0.29) is 5.91 Å². The van der Waals surface area contributed by atoms with E-state index in [1.54, 1.807) is 0 Å². The zero-order valence-electron chi connectivity index (χ0n) is 13.6. The van der Waals surface area contributed by atoms with Crippen molar-refractivity contribution in [3.63, 3.8) is 0 Å². The number of carbonyl (C=O) groups is 1. The number of hydrogen-bond acceptors (Lipinski definition) is 3. The van der Waals surface area contributed by atoms with Crippen molar-refractivity contribution in [2.45, 2.75) is 57.4 Å². The Balaban J connectivity index is 1.57. The number of amides is 1. The van der Waals surface area contributed by atoms with Crippen LogP contribution in [-0.2, 0) is 4.79 Å². The largest absolute Gasteiger partial charge is 0.494 e. The number of carbonyl (C=O) groups excluding carboxylic acids is 1. The van der Waals surface area contributed by atoms with Crippen molar-refractivity contribution in [2.24, 2.45) is 5.73 Å². The van der Waals surface area contributed by atoms with Crippen LogP contribution < -0.4 is 15.8 Å². The molecule has 0 unspecified atom stereocenters. The fourth-order valence-electron chi connectivity index (χ4n) is 2.84. The molecule has 0 heterocycles. The highest BCUT2D eigenvalue weighted by molar-refractivity contribution is 5.86. The summed E-state index contributed by atoms with van der Waals surface area (Å²) in [7, 11) is 0. The highest BCUT2D eigenvalue weighted by Gasteiger charge is 2.34. The van der Waals surface area contributed by atoms with Crippen LogP contribution in [0.3, 0.4) is 0 Å². The van der Waals surface area contributed by atoms with Crippen LogP contribution in [0, 0.1) is 6.92 Å². The van der Waals surface area contributed by atoms with Crippen LogP contribution >= 0.6 is 0 Å². The maximum Gasteiger partial charge on any atom is 0.240 e. The molecule has 122 valence electrons. The summed E-state index contributed by atoms with van der Waals surface area (Å²) in [6.45, 7) is 3.41. The molecule has 1 aliphatic rings. The summed E-state index contributed by atoms with van der Waals surface area (Å²) < 4.78 is 5.67. The van der Waals surface area contributed by atoms with E-state index in [4.69, 9.17) is 10.5 Å². The average molecular weight is 304 g/mol. The molecular weight excluding hydrogens is 276 g/mol. The fraction of sp³-hybridized carbons (Fsp3) is 0.611. The van der Waals surface area contributed by atoms with Gasteiger partial charge >= 0.3 is 0 Å². The second-order valence-electron chi connectivity index (χ2n) is 6.34. The second kappa shape index (κ2) is 8.18. The van der Waals surface area contributed by atoms with Crippen molar-refractivity contribution in [1.29, 1.82) is 0 Å². The molecule has 2 rings (SSSR count). The Bertz CT molecular complexity index is 464. The van der Waals surface area contributed by atoms with Crippen LogP contribution in [0.25, 0.3) is 0 Å². The van der Waals surface area contributed by atoms with Crippen LogP contribution in [0.4, 0.5) is 0 Å². The first-order chi connectivity index (χ1) is 10.6. The van der Waals surface area contributed by atoms with Crippen molar-refractivity contribution in [2.75, 3.05) is 13.2 Å². The highest BCUT2D eigenvalue weighted by Crippen LogP contribution is 2.25. The lowest BCUT2D eigenvalue weighted by atomic mass is 9.82. The van der Waals surface area contributed by atoms with Gasteiger partial charge in [0.25, 0.3) is 0 Å². The molecule has 0 spiro atoms. The Kier molecular flexibility index (Phi) is 6.25. The number of ether oxygens (including phenoxy) is 1. The first kappa shape index (κ1) is 16.8. The van der Waals surface area contributed by atoms with Gasteiger partial charge in [0.2, 0.25) is 5.91 Å². The molecule has 4 heteroatoms. The van der Waals surface area contributed by atoms with Gasteiger partial charge in [-0.25, -0.2) is 0 Å². The average Bonchev–Trinajstić information content (AvgIpc) is 2.53. The lowest BCUT2D eigenvalue weighted by Gasteiger charge is -2.31. The lowest BCUT2D eigenvalue weighted by molar-refractivity contribution is -0.127. The standard InChI is InChI=1S/C18H28N2O2/c1-15-7-9-16(10-8-15)22-14-6-5-13-20-17(21)18(19)11-3-2-4-12-18/h7-10H,2-6,11-14,19H2,1H3,(H,20,21). The fourth-order valence-corrected chi connectivity index (χ4v) is 2.84. The summed E-state index contributed by atoms with van der Waals surface area (Å²) in [5.74, 6) is 0.921. The second-order valence-corrected chi connectivity index (χ2v) is 6.34. The molecule has 0 bridgehead atoms. The van der Waals surface area contributed by atoms with Crippen molar-refractivity contribution in [1.82, 2.24) is 5.32 Å². The van der Waals surface area contributed by atoms with E-state index in [0.29, 0.717) is 13.2 Å². The zero-order valence-corrected chi connectivity index (χ0v) is 13.6. The maximum atomic E-state index is 12.1. The third-order valence-corrected chi connectivity index (χ3v) is 4.34. The van der Waals surface area contributed by atoms with Gasteiger partial charge in [-0.1, -0.05) is 37.0 Å². The predicted molar refractivity (Wildman–Crippen MR) is 88.9 cm³/mol. The minimum Gasteiger partial charge on any atom is -0.494 e. The Hall–Kier alpha value is -1.55. The molecule has 0 atom stereocenters. The summed E-state index contributed by atoms with van der Waals surface area (Å²) >= 11 is 0. The van der Waals surface area contributed by atoms with E-state index in [0.717, 1.165) is 44.3 Å². The Morgan fingerprint density at radius 1 is 1.18 bits per heavy atom. The number of hydrogen-bond donors (Lipinski definition) is 2. The monoisotopic (exact) mass is 304 g/mol. The molecule has 1 aliphatic carbocycles. The zero-order chi connectivity index (χ0) is 15.8. The van der Waals surface area contributed by atoms with Crippen LogP contribution in [0.1, 0.15) is 50.5 Å². The van der Waals surface area contributed by atoms with Gasteiger partial charge in [-0.05, 0) is 44.7 Å². The molecule has 1 saturated carbocycles. The van der Waals surface area contributed by atoms with Crippen LogP contribution in [-0.4, -0.2) is 24.6 Å². The van der Waals surface area contributed by atoms with E-state index >= 15 is 0 Å². The minimum atomic E-state index is -0.628. The quantitative estimate of drug-likeness (QED) is 0.761.